The second kappa shape index (κ2) is 7.52. The van der Waals surface area contributed by atoms with Crippen molar-refractivity contribution < 1.29 is 4.79 Å². The van der Waals surface area contributed by atoms with E-state index in [-0.39, 0.29) is 11.9 Å². The van der Waals surface area contributed by atoms with Crippen LogP contribution >= 0.6 is 0 Å². The van der Waals surface area contributed by atoms with E-state index in [4.69, 9.17) is 5.73 Å². The monoisotopic (exact) mass is 394 g/mol. The maximum atomic E-state index is 12.9. The molecular weight excluding hydrogens is 372 g/mol. The van der Waals surface area contributed by atoms with Crippen molar-refractivity contribution in [2.75, 3.05) is 11.1 Å². The van der Waals surface area contributed by atoms with Gasteiger partial charge in [-0.1, -0.05) is 36.4 Å². The quantitative estimate of drug-likeness (QED) is 0.411. The normalized spacial score (nSPS) is 13.2. The fraction of sp³-hybridized carbons (Fsp3) is 0.120. The van der Waals surface area contributed by atoms with Gasteiger partial charge in [-0.25, -0.2) is 0 Å². The molecule has 0 bridgehead atoms. The number of amides is 1. The van der Waals surface area contributed by atoms with Crippen LogP contribution in [0.5, 0.6) is 0 Å². The molecule has 5 heteroatoms. The van der Waals surface area contributed by atoms with Crippen LogP contribution in [0.15, 0.2) is 79.0 Å². The van der Waals surface area contributed by atoms with Crippen LogP contribution in [-0.4, -0.2) is 16.9 Å². The number of pyridine rings is 1. The van der Waals surface area contributed by atoms with E-state index in [0.717, 1.165) is 46.2 Å². The van der Waals surface area contributed by atoms with E-state index in [2.05, 4.69) is 21.7 Å². The van der Waals surface area contributed by atoms with Crippen molar-refractivity contribution in [3.05, 3.63) is 84.6 Å². The highest BCUT2D eigenvalue weighted by Crippen LogP contribution is 2.33. The number of nitrogens with two attached hydrogens (primary N) is 1. The van der Waals surface area contributed by atoms with Gasteiger partial charge in [0, 0.05) is 29.0 Å². The van der Waals surface area contributed by atoms with Crippen molar-refractivity contribution in [1.29, 1.82) is 0 Å². The number of fused-ring (bicyclic) bond motifs is 1. The Labute approximate surface area is 175 Å². The maximum Gasteiger partial charge on any atom is 0.255 e. The summed E-state index contributed by atoms with van der Waals surface area (Å²) in [6, 6.07) is 24.0. The number of carbonyl (C=O) groups is 1. The molecule has 1 amide bonds. The molecule has 4 N–H and O–H groups in total. The van der Waals surface area contributed by atoms with Crippen molar-refractivity contribution in [3.8, 4) is 11.1 Å². The van der Waals surface area contributed by atoms with Gasteiger partial charge in [-0.3, -0.25) is 9.78 Å². The summed E-state index contributed by atoms with van der Waals surface area (Å²) < 4.78 is 0. The zero-order valence-electron chi connectivity index (χ0n) is 16.4. The molecule has 5 rings (SSSR count). The highest BCUT2D eigenvalue weighted by Gasteiger charge is 2.26. The smallest absolute Gasteiger partial charge is 0.255 e. The molecule has 1 heterocycles. The van der Waals surface area contributed by atoms with E-state index >= 15 is 0 Å². The lowest BCUT2D eigenvalue weighted by atomic mass is 10.0. The van der Waals surface area contributed by atoms with Crippen LogP contribution in [0.4, 0.5) is 17.1 Å². The second-order valence-corrected chi connectivity index (χ2v) is 7.64. The second-order valence-electron chi connectivity index (χ2n) is 7.64. The van der Waals surface area contributed by atoms with Gasteiger partial charge in [-0.15, -0.1) is 0 Å². The van der Waals surface area contributed by atoms with Crippen LogP contribution in [0, 0.1) is 0 Å². The van der Waals surface area contributed by atoms with Gasteiger partial charge in [0.05, 0.1) is 16.8 Å². The molecule has 0 aliphatic heterocycles. The highest BCUT2D eigenvalue weighted by atomic mass is 16.1. The number of anilines is 3. The first-order valence-corrected chi connectivity index (χ1v) is 10.1. The van der Waals surface area contributed by atoms with E-state index in [1.54, 1.807) is 6.20 Å². The summed E-state index contributed by atoms with van der Waals surface area (Å²) in [5, 5.41) is 7.42. The predicted molar refractivity (Wildman–Crippen MR) is 122 cm³/mol. The van der Waals surface area contributed by atoms with Gasteiger partial charge < -0.3 is 16.4 Å². The average Bonchev–Trinajstić information content (AvgIpc) is 3.58. The minimum Gasteiger partial charge on any atom is -0.399 e. The first-order valence-electron chi connectivity index (χ1n) is 10.1. The topological polar surface area (TPSA) is 80.0 Å². The lowest BCUT2D eigenvalue weighted by Gasteiger charge is -2.16. The van der Waals surface area contributed by atoms with E-state index in [9.17, 15) is 4.79 Å². The molecular formula is C25H22N4O. The van der Waals surface area contributed by atoms with Gasteiger partial charge in [-0.05, 0) is 60.4 Å². The van der Waals surface area contributed by atoms with Crippen LogP contribution in [0.3, 0.4) is 0 Å². The number of nitrogens with one attached hydrogen (secondary N) is 2. The number of para-hydroxylation sites is 1. The minimum atomic E-state index is -0.0975. The molecule has 0 spiro atoms. The lowest BCUT2D eigenvalue weighted by Crippen LogP contribution is -2.26. The Balaban J connectivity index is 1.66. The van der Waals surface area contributed by atoms with E-state index in [1.165, 1.54) is 0 Å². The van der Waals surface area contributed by atoms with Gasteiger partial charge in [0.15, 0.2) is 0 Å². The molecule has 0 atom stereocenters. The molecule has 1 saturated carbocycles. The SMILES string of the molecule is Nc1cccc(-c2ccc3ncc(C(=O)NC4CC4)c(Nc4ccccc4)c3c2)c1. The van der Waals surface area contributed by atoms with Crippen molar-refractivity contribution >= 4 is 33.9 Å². The Bertz CT molecular complexity index is 1230. The van der Waals surface area contributed by atoms with Gasteiger partial charge in [0.2, 0.25) is 0 Å². The van der Waals surface area contributed by atoms with Gasteiger partial charge >= 0.3 is 0 Å². The standard InChI is InChI=1S/C25H22N4O/c26-18-6-4-5-16(13-18)17-9-12-23-21(14-17)24(28-19-7-2-1-3-8-19)22(15-27-23)25(30)29-20-10-11-20/h1-9,12-15,20H,10-11,26H2,(H,27,28)(H,29,30). The van der Waals surface area contributed by atoms with Gasteiger partial charge in [0.1, 0.15) is 0 Å². The molecule has 1 fully saturated rings. The van der Waals surface area contributed by atoms with Crippen LogP contribution in [-0.2, 0) is 0 Å². The Kier molecular flexibility index (Phi) is 4.56. The van der Waals surface area contributed by atoms with Crippen LogP contribution < -0.4 is 16.4 Å². The first kappa shape index (κ1) is 18.2. The lowest BCUT2D eigenvalue weighted by molar-refractivity contribution is 0.0951. The van der Waals surface area contributed by atoms with E-state index in [0.29, 0.717) is 11.3 Å². The molecule has 148 valence electrons. The fourth-order valence-electron chi connectivity index (χ4n) is 3.55. The molecule has 1 aliphatic carbocycles. The summed E-state index contributed by atoms with van der Waals surface area (Å²) in [7, 11) is 0. The number of rotatable bonds is 5. The summed E-state index contributed by atoms with van der Waals surface area (Å²) >= 11 is 0. The van der Waals surface area contributed by atoms with Crippen LogP contribution in [0.25, 0.3) is 22.0 Å². The summed E-state index contributed by atoms with van der Waals surface area (Å²) in [5.74, 6) is -0.0975. The third-order valence-corrected chi connectivity index (χ3v) is 5.29. The number of nitrogen functional groups attached to an aromatic ring is 1. The molecule has 5 nitrogen and oxygen atoms in total. The highest BCUT2D eigenvalue weighted by molar-refractivity contribution is 6.09. The summed E-state index contributed by atoms with van der Waals surface area (Å²) in [5.41, 5.74) is 11.8. The molecule has 1 aromatic heterocycles. The van der Waals surface area contributed by atoms with E-state index in [1.807, 2.05) is 66.7 Å². The Morgan fingerprint density at radius 3 is 2.50 bits per heavy atom. The number of aromatic nitrogens is 1. The van der Waals surface area contributed by atoms with Crippen molar-refractivity contribution in [1.82, 2.24) is 10.3 Å². The summed E-state index contributed by atoms with van der Waals surface area (Å²) in [6.45, 7) is 0. The Morgan fingerprint density at radius 2 is 1.73 bits per heavy atom. The number of nitrogens with zero attached hydrogens (tertiary/aromatic N) is 1. The fourth-order valence-corrected chi connectivity index (χ4v) is 3.55. The van der Waals surface area contributed by atoms with Crippen LogP contribution in [0.1, 0.15) is 23.2 Å². The van der Waals surface area contributed by atoms with Gasteiger partial charge in [-0.2, -0.15) is 0 Å². The summed E-state index contributed by atoms with van der Waals surface area (Å²) in [4.78, 5) is 17.5. The van der Waals surface area contributed by atoms with Crippen molar-refractivity contribution in [3.63, 3.8) is 0 Å². The first-order chi connectivity index (χ1) is 14.7. The number of carbonyl (C=O) groups excluding carboxylic acids is 1. The zero-order chi connectivity index (χ0) is 20.5. The Hall–Kier alpha value is -3.86. The third-order valence-electron chi connectivity index (χ3n) is 5.29. The van der Waals surface area contributed by atoms with E-state index < -0.39 is 0 Å². The Morgan fingerprint density at radius 1 is 0.933 bits per heavy atom. The summed E-state index contributed by atoms with van der Waals surface area (Å²) in [6.07, 6.45) is 3.73. The zero-order valence-corrected chi connectivity index (χ0v) is 16.4. The minimum absolute atomic E-state index is 0.0975. The molecule has 1 aliphatic rings. The van der Waals surface area contributed by atoms with Crippen LogP contribution in [0.2, 0.25) is 0 Å². The largest absolute Gasteiger partial charge is 0.399 e. The molecule has 30 heavy (non-hydrogen) atoms. The average molecular weight is 394 g/mol. The molecule has 0 radical (unpaired) electrons. The van der Waals surface area contributed by atoms with Gasteiger partial charge in [0.25, 0.3) is 5.91 Å². The third kappa shape index (κ3) is 3.70. The van der Waals surface area contributed by atoms with Crippen molar-refractivity contribution in [2.24, 2.45) is 0 Å². The molecule has 3 aromatic carbocycles. The number of hydrogen-bond donors (Lipinski definition) is 3. The molecule has 4 aromatic rings. The molecule has 0 saturated heterocycles. The molecule has 0 unspecified atom stereocenters. The maximum absolute atomic E-state index is 12.9. The predicted octanol–water partition coefficient (Wildman–Crippen LogP) is 5.12. The number of hydrogen-bond acceptors (Lipinski definition) is 4. The van der Waals surface area contributed by atoms with Crippen molar-refractivity contribution in [2.45, 2.75) is 18.9 Å². The number of benzene rings is 3.